The van der Waals surface area contributed by atoms with Crippen molar-refractivity contribution < 1.29 is 13.9 Å². The van der Waals surface area contributed by atoms with Crippen LogP contribution in [-0.4, -0.2) is 33.5 Å². The Labute approximate surface area is 205 Å². The van der Waals surface area contributed by atoms with Crippen LogP contribution in [0, 0.1) is 11.6 Å². The van der Waals surface area contributed by atoms with E-state index in [1.165, 1.54) is 17.7 Å². The monoisotopic (exact) mass is 493 g/mol. The van der Waals surface area contributed by atoms with Crippen LogP contribution in [0.25, 0.3) is 0 Å². The van der Waals surface area contributed by atoms with Crippen molar-refractivity contribution in [3.8, 4) is 0 Å². The third kappa shape index (κ3) is 8.43. The molecule has 1 fully saturated rings. The quantitative estimate of drug-likeness (QED) is 0.206. The number of aromatic nitrogens is 2. The third-order valence-corrected chi connectivity index (χ3v) is 6.40. The first-order valence-electron chi connectivity index (χ1n) is 12.0. The van der Waals surface area contributed by atoms with Gasteiger partial charge in [-0.3, -0.25) is 0 Å². The fourth-order valence-corrected chi connectivity index (χ4v) is 4.16. The van der Waals surface area contributed by atoms with Crippen molar-refractivity contribution >= 4 is 29.1 Å². The number of anilines is 3. The van der Waals surface area contributed by atoms with Crippen LogP contribution in [0.2, 0.25) is 0 Å². The van der Waals surface area contributed by atoms with E-state index in [4.69, 9.17) is 16.6 Å². The van der Waals surface area contributed by atoms with Crippen molar-refractivity contribution in [2.24, 2.45) is 0 Å². The summed E-state index contributed by atoms with van der Waals surface area (Å²) in [5.74, 6) is 0.887. The smallest absolute Gasteiger partial charge is 0.191 e. The Hall–Kier alpha value is -2.39. The molecule has 9 heteroatoms. The van der Waals surface area contributed by atoms with Crippen molar-refractivity contribution in [2.75, 3.05) is 29.1 Å². The number of nitrogen functional groups attached to an aromatic ring is 2. The lowest BCUT2D eigenvalue weighted by molar-refractivity contribution is 0.298. The van der Waals surface area contributed by atoms with E-state index in [0.717, 1.165) is 49.8 Å². The van der Waals surface area contributed by atoms with Gasteiger partial charge in [0.05, 0.1) is 0 Å². The van der Waals surface area contributed by atoms with Gasteiger partial charge in [-0.2, -0.15) is 0 Å². The molecule has 0 aliphatic heterocycles. The molecule has 2 aliphatic carbocycles. The van der Waals surface area contributed by atoms with E-state index >= 15 is 0 Å². The van der Waals surface area contributed by atoms with Gasteiger partial charge in [0.25, 0.3) is 0 Å². The van der Waals surface area contributed by atoms with E-state index in [0.29, 0.717) is 28.4 Å². The summed E-state index contributed by atoms with van der Waals surface area (Å²) in [4.78, 5) is 8.67. The zero-order valence-electron chi connectivity index (χ0n) is 20.3. The lowest BCUT2D eigenvalue weighted by atomic mass is 10.1. The summed E-state index contributed by atoms with van der Waals surface area (Å²) >= 11 is 1.58. The standard InChI is InChI=1S/C14H23N5OS.C9H8F2.C2H6/c1-2-7-21-14-18-12(16)11(15)13(19-14)17-10-4-3-9(8-10)5-6-20;10-8-4-3-7(5-9(8)11)6-1-2-6;1-2/h8,10,20H,2-7,15H2,1H3,(H3,16,17,18,19);3-6H,1-2H2;1-2H3. The highest BCUT2D eigenvalue weighted by Crippen LogP contribution is 2.40. The van der Waals surface area contributed by atoms with Gasteiger partial charge in [-0.05, 0) is 62.1 Å². The Morgan fingerprint density at radius 2 is 1.85 bits per heavy atom. The molecule has 1 atom stereocenters. The molecule has 2 aromatic rings. The summed E-state index contributed by atoms with van der Waals surface area (Å²) in [7, 11) is 0. The summed E-state index contributed by atoms with van der Waals surface area (Å²) in [6.07, 6.45) is 8.14. The summed E-state index contributed by atoms with van der Waals surface area (Å²) in [5.41, 5.74) is 14.4. The largest absolute Gasteiger partial charge is 0.396 e. The highest BCUT2D eigenvalue weighted by molar-refractivity contribution is 7.99. The van der Waals surface area contributed by atoms with Crippen LogP contribution in [-0.2, 0) is 0 Å². The number of thioether (sulfide) groups is 1. The second-order valence-electron chi connectivity index (χ2n) is 8.04. The van der Waals surface area contributed by atoms with Crippen molar-refractivity contribution in [2.45, 2.75) is 76.4 Å². The van der Waals surface area contributed by atoms with Crippen molar-refractivity contribution in [3.63, 3.8) is 0 Å². The predicted molar refractivity (Wildman–Crippen MR) is 138 cm³/mol. The van der Waals surface area contributed by atoms with Gasteiger partial charge in [0.15, 0.2) is 28.4 Å². The fourth-order valence-electron chi connectivity index (χ4n) is 3.45. The van der Waals surface area contributed by atoms with Gasteiger partial charge in [0, 0.05) is 18.4 Å². The van der Waals surface area contributed by atoms with Gasteiger partial charge in [0.1, 0.15) is 5.69 Å². The molecule has 0 radical (unpaired) electrons. The zero-order valence-corrected chi connectivity index (χ0v) is 21.1. The van der Waals surface area contributed by atoms with E-state index in [1.54, 1.807) is 17.8 Å². The van der Waals surface area contributed by atoms with Crippen molar-refractivity contribution in [3.05, 3.63) is 47.0 Å². The van der Waals surface area contributed by atoms with Gasteiger partial charge in [-0.25, -0.2) is 18.7 Å². The number of aliphatic hydroxyl groups excluding tert-OH is 1. The maximum Gasteiger partial charge on any atom is 0.191 e. The number of nitrogens with zero attached hydrogens (tertiary/aromatic N) is 2. The van der Waals surface area contributed by atoms with Gasteiger partial charge < -0.3 is 21.9 Å². The predicted octanol–water partition coefficient (Wildman–Crippen LogP) is 5.89. The molecule has 2 aliphatic rings. The van der Waals surface area contributed by atoms with Crippen LogP contribution in [0.4, 0.5) is 26.1 Å². The summed E-state index contributed by atoms with van der Waals surface area (Å²) in [6.45, 7) is 6.30. The van der Waals surface area contributed by atoms with E-state index < -0.39 is 11.6 Å². The SMILES string of the molecule is CC.CCCSc1nc(N)c(N)c(NC2C=C(CCO)CC2)n1.Fc1ccc(C2CC2)cc1F. The number of rotatable bonds is 8. The molecular weight excluding hydrogens is 456 g/mol. The number of aliphatic hydroxyl groups is 1. The Balaban J connectivity index is 0.000000262. The minimum atomic E-state index is -0.755. The average Bonchev–Trinajstić information content (AvgIpc) is 3.60. The summed E-state index contributed by atoms with van der Waals surface area (Å²) in [6, 6.07) is 4.35. The number of hydrogen-bond donors (Lipinski definition) is 4. The molecule has 0 spiro atoms. The maximum absolute atomic E-state index is 12.6. The van der Waals surface area contributed by atoms with Crippen LogP contribution in [0.3, 0.4) is 0 Å². The van der Waals surface area contributed by atoms with Gasteiger partial charge in [0.2, 0.25) is 0 Å². The molecular formula is C25H37F2N5OS. The lowest BCUT2D eigenvalue weighted by Gasteiger charge is -2.15. The molecule has 6 nitrogen and oxygen atoms in total. The second kappa shape index (κ2) is 14.1. The molecule has 188 valence electrons. The molecule has 0 amide bonds. The molecule has 1 unspecified atom stereocenters. The molecule has 0 bridgehead atoms. The number of hydrogen-bond acceptors (Lipinski definition) is 7. The minimum Gasteiger partial charge on any atom is -0.396 e. The van der Waals surface area contributed by atoms with Gasteiger partial charge in [-0.1, -0.05) is 50.2 Å². The van der Waals surface area contributed by atoms with E-state index in [1.807, 2.05) is 13.8 Å². The number of nitrogens with one attached hydrogen (secondary N) is 1. The molecule has 34 heavy (non-hydrogen) atoms. The van der Waals surface area contributed by atoms with E-state index in [2.05, 4.69) is 28.3 Å². The molecule has 4 rings (SSSR count). The number of halogens is 2. The summed E-state index contributed by atoms with van der Waals surface area (Å²) in [5, 5.41) is 13.0. The zero-order chi connectivity index (χ0) is 25.1. The Kier molecular flexibility index (Phi) is 11.6. The lowest BCUT2D eigenvalue weighted by Crippen LogP contribution is -2.17. The molecule has 1 saturated carbocycles. The summed E-state index contributed by atoms with van der Waals surface area (Å²) < 4.78 is 25.0. The first-order chi connectivity index (χ1) is 16.4. The average molecular weight is 494 g/mol. The Morgan fingerprint density at radius 3 is 2.47 bits per heavy atom. The second-order valence-corrected chi connectivity index (χ2v) is 9.10. The first kappa shape index (κ1) is 27.9. The van der Waals surface area contributed by atoms with Crippen LogP contribution >= 0.6 is 11.8 Å². The maximum atomic E-state index is 12.6. The third-order valence-electron chi connectivity index (χ3n) is 5.35. The topological polar surface area (TPSA) is 110 Å². The van der Waals surface area contributed by atoms with Crippen LogP contribution in [0.1, 0.15) is 70.8 Å². The number of nitrogens with two attached hydrogens (primary N) is 2. The Bertz CT molecular complexity index is 953. The highest BCUT2D eigenvalue weighted by atomic mass is 32.2. The van der Waals surface area contributed by atoms with Gasteiger partial charge in [-0.15, -0.1) is 0 Å². The molecule has 6 N–H and O–H groups in total. The number of benzene rings is 1. The van der Waals surface area contributed by atoms with Crippen LogP contribution in [0.5, 0.6) is 0 Å². The molecule has 1 aromatic carbocycles. The fraction of sp³-hybridized carbons (Fsp3) is 0.520. The van der Waals surface area contributed by atoms with Gasteiger partial charge >= 0.3 is 0 Å². The highest BCUT2D eigenvalue weighted by Gasteiger charge is 2.24. The minimum absolute atomic E-state index is 0.187. The normalized spacial score (nSPS) is 16.6. The molecule has 1 heterocycles. The molecule has 1 aromatic heterocycles. The first-order valence-corrected chi connectivity index (χ1v) is 13.0. The van der Waals surface area contributed by atoms with Crippen molar-refractivity contribution in [1.29, 1.82) is 0 Å². The molecule has 0 saturated heterocycles. The van der Waals surface area contributed by atoms with E-state index in [9.17, 15) is 8.78 Å². The van der Waals surface area contributed by atoms with Crippen molar-refractivity contribution in [1.82, 2.24) is 9.97 Å². The van der Waals surface area contributed by atoms with Crippen LogP contribution in [0.15, 0.2) is 35.0 Å². The van der Waals surface area contributed by atoms with E-state index in [-0.39, 0.29) is 12.6 Å². The van der Waals surface area contributed by atoms with Crippen LogP contribution < -0.4 is 16.8 Å². The Morgan fingerprint density at radius 1 is 1.12 bits per heavy atom.